The van der Waals surface area contributed by atoms with Crippen molar-refractivity contribution in [2.24, 2.45) is 0 Å². The molecular formula is C26H21ClFNO4. The van der Waals surface area contributed by atoms with Crippen LogP contribution in [0.3, 0.4) is 0 Å². The first-order valence-electron chi connectivity index (χ1n) is 10.3. The molecule has 33 heavy (non-hydrogen) atoms. The summed E-state index contributed by atoms with van der Waals surface area (Å²) >= 11 is 5.96. The van der Waals surface area contributed by atoms with Gasteiger partial charge in [-0.05, 0) is 72.6 Å². The molecule has 0 fully saturated rings. The molecule has 0 saturated carbocycles. The molecule has 4 rings (SSSR count). The van der Waals surface area contributed by atoms with Crippen molar-refractivity contribution in [1.82, 2.24) is 4.57 Å². The zero-order chi connectivity index (χ0) is 23.5. The summed E-state index contributed by atoms with van der Waals surface area (Å²) < 4.78 is 25.4. The van der Waals surface area contributed by atoms with Gasteiger partial charge in [0.2, 0.25) is 0 Å². The van der Waals surface area contributed by atoms with Crippen LogP contribution in [0, 0.1) is 12.7 Å². The van der Waals surface area contributed by atoms with Crippen molar-refractivity contribution in [3.8, 4) is 5.75 Å². The average Bonchev–Trinajstić information content (AvgIpc) is 3.09. The maximum absolute atomic E-state index is 13.3. The molecule has 0 N–H and O–H groups in total. The summed E-state index contributed by atoms with van der Waals surface area (Å²) in [6.45, 7) is 1.83. The zero-order valence-corrected chi connectivity index (χ0v) is 18.9. The molecule has 3 aromatic carbocycles. The number of carbonyl (C=O) groups excluding carboxylic acids is 2. The molecule has 0 amide bonds. The molecule has 1 heterocycles. The van der Waals surface area contributed by atoms with Gasteiger partial charge in [0.1, 0.15) is 18.2 Å². The molecule has 0 aliphatic rings. The SMILES string of the molecule is COc1ccc2c(c1)c(CC(=O)OCc1ccc(F)cc1)c(C)n2C(=O)c1ccc(Cl)cc1. The highest BCUT2D eigenvalue weighted by Gasteiger charge is 2.22. The largest absolute Gasteiger partial charge is 0.497 e. The number of carbonyl (C=O) groups is 2. The van der Waals surface area contributed by atoms with Crippen LogP contribution in [0.4, 0.5) is 4.39 Å². The molecule has 4 aromatic rings. The molecule has 1 aromatic heterocycles. The van der Waals surface area contributed by atoms with Crippen molar-refractivity contribution in [1.29, 1.82) is 0 Å². The van der Waals surface area contributed by atoms with Gasteiger partial charge in [-0.3, -0.25) is 14.2 Å². The van der Waals surface area contributed by atoms with Crippen LogP contribution in [-0.4, -0.2) is 23.6 Å². The Morgan fingerprint density at radius 2 is 1.70 bits per heavy atom. The van der Waals surface area contributed by atoms with Gasteiger partial charge in [0.15, 0.2) is 0 Å². The molecule has 0 bridgehead atoms. The van der Waals surface area contributed by atoms with E-state index in [4.69, 9.17) is 21.1 Å². The first-order valence-corrected chi connectivity index (χ1v) is 10.6. The van der Waals surface area contributed by atoms with E-state index in [0.717, 1.165) is 5.39 Å². The lowest BCUT2D eigenvalue weighted by Gasteiger charge is -2.08. The molecule has 0 saturated heterocycles. The van der Waals surface area contributed by atoms with Crippen LogP contribution in [0.1, 0.15) is 27.2 Å². The highest BCUT2D eigenvalue weighted by Crippen LogP contribution is 2.31. The van der Waals surface area contributed by atoms with E-state index in [0.29, 0.717) is 38.7 Å². The summed E-state index contributed by atoms with van der Waals surface area (Å²) in [7, 11) is 1.56. The van der Waals surface area contributed by atoms with E-state index in [1.54, 1.807) is 73.2 Å². The number of rotatable bonds is 6. The molecular weight excluding hydrogens is 445 g/mol. The van der Waals surface area contributed by atoms with Gasteiger partial charge in [-0.15, -0.1) is 0 Å². The fourth-order valence-corrected chi connectivity index (χ4v) is 3.86. The summed E-state index contributed by atoms with van der Waals surface area (Å²) in [5, 5.41) is 1.27. The predicted octanol–water partition coefficient (Wildman–Crippen LogP) is 5.73. The Hall–Kier alpha value is -3.64. The Labute approximate surface area is 195 Å². The van der Waals surface area contributed by atoms with Gasteiger partial charge >= 0.3 is 5.97 Å². The maximum atomic E-state index is 13.3. The maximum Gasteiger partial charge on any atom is 0.310 e. The predicted molar refractivity (Wildman–Crippen MR) is 124 cm³/mol. The van der Waals surface area contributed by atoms with Crippen molar-refractivity contribution in [3.05, 3.63) is 100.0 Å². The Kier molecular flexibility index (Phi) is 6.47. The van der Waals surface area contributed by atoms with Crippen molar-refractivity contribution in [2.75, 3.05) is 7.11 Å². The first-order chi connectivity index (χ1) is 15.9. The average molecular weight is 466 g/mol. The molecule has 168 valence electrons. The smallest absolute Gasteiger partial charge is 0.310 e. The van der Waals surface area contributed by atoms with E-state index in [1.807, 2.05) is 0 Å². The lowest BCUT2D eigenvalue weighted by molar-refractivity contribution is -0.144. The Morgan fingerprint density at radius 1 is 1.00 bits per heavy atom. The number of ether oxygens (including phenoxy) is 2. The molecule has 0 atom stereocenters. The number of fused-ring (bicyclic) bond motifs is 1. The van der Waals surface area contributed by atoms with Crippen LogP contribution in [0.2, 0.25) is 5.02 Å². The third kappa shape index (κ3) is 4.76. The number of aromatic nitrogens is 1. The van der Waals surface area contributed by atoms with Crippen molar-refractivity contribution >= 4 is 34.4 Å². The Morgan fingerprint density at radius 3 is 2.36 bits per heavy atom. The summed E-state index contributed by atoms with van der Waals surface area (Å²) in [4.78, 5) is 26.0. The quantitative estimate of drug-likeness (QED) is 0.341. The van der Waals surface area contributed by atoms with Gasteiger partial charge in [0.25, 0.3) is 5.91 Å². The third-order valence-corrected chi connectivity index (χ3v) is 5.72. The lowest BCUT2D eigenvalue weighted by atomic mass is 10.1. The Balaban J connectivity index is 1.67. The van der Waals surface area contributed by atoms with E-state index in [1.165, 1.54) is 12.1 Å². The van der Waals surface area contributed by atoms with Crippen molar-refractivity contribution in [3.63, 3.8) is 0 Å². The number of nitrogens with zero attached hydrogens (tertiary/aromatic N) is 1. The van der Waals surface area contributed by atoms with E-state index < -0.39 is 5.97 Å². The number of methoxy groups -OCH3 is 1. The van der Waals surface area contributed by atoms with Crippen LogP contribution < -0.4 is 4.74 Å². The molecule has 7 heteroatoms. The standard InChI is InChI=1S/C26H21ClFNO4/c1-16-22(14-25(30)33-15-17-3-9-20(28)10-4-17)23-13-21(32-2)11-12-24(23)29(16)26(31)18-5-7-19(27)8-6-18/h3-13H,14-15H2,1-2H3. The topological polar surface area (TPSA) is 57.5 Å². The van der Waals surface area contributed by atoms with Gasteiger partial charge in [0, 0.05) is 21.7 Å². The molecule has 0 spiro atoms. The van der Waals surface area contributed by atoms with E-state index in [-0.39, 0.29) is 24.8 Å². The monoisotopic (exact) mass is 465 g/mol. The number of benzene rings is 3. The van der Waals surface area contributed by atoms with Crippen LogP contribution in [0.15, 0.2) is 66.7 Å². The van der Waals surface area contributed by atoms with Crippen LogP contribution in [0.25, 0.3) is 10.9 Å². The normalized spacial score (nSPS) is 10.9. The third-order valence-electron chi connectivity index (χ3n) is 5.47. The summed E-state index contributed by atoms with van der Waals surface area (Å²) in [5.74, 6) is -0.430. The second-order valence-electron chi connectivity index (χ2n) is 7.56. The molecule has 0 aliphatic heterocycles. The van der Waals surface area contributed by atoms with Gasteiger partial charge in [-0.25, -0.2) is 4.39 Å². The van der Waals surface area contributed by atoms with Gasteiger partial charge in [-0.1, -0.05) is 23.7 Å². The van der Waals surface area contributed by atoms with E-state index >= 15 is 0 Å². The lowest BCUT2D eigenvalue weighted by Crippen LogP contribution is -2.14. The van der Waals surface area contributed by atoms with Gasteiger partial charge in [-0.2, -0.15) is 0 Å². The van der Waals surface area contributed by atoms with E-state index in [9.17, 15) is 14.0 Å². The molecule has 0 radical (unpaired) electrons. The summed E-state index contributed by atoms with van der Waals surface area (Å²) in [6.07, 6.45) is -0.0302. The first kappa shape index (κ1) is 22.6. The number of esters is 1. The van der Waals surface area contributed by atoms with Gasteiger partial charge < -0.3 is 9.47 Å². The van der Waals surface area contributed by atoms with Crippen LogP contribution >= 0.6 is 11.6 Å². The van der Waals surface area contributed by atoms with Crippen molar-refractivity contribution < 1.29 is 23.5 Å². The summed E-state index contributed by atoms with van der Waals surface area (Å²) in [5.41, 5.74) is 3.13. The number of hydrogen-bond acceptors (Lipinski definition) is 4. The number of hydrogen-bond donors (Lipinski definition) is 0. The minimum absolute atomic E-state index is 0.0302. The van der Waals surface area contributed by atoms with Crippen molar-refractivity contribution in [2.45, 2.75) is 20.0 Å². The second kappa shape index (κ2) is 9.46. The molecule has 0 aliphatic carbocycles. The van der Waals surface area contributed by atoms with Crippen LogP contribution in [-0.2, 0) is 22.6 Å². The fourth-order valence-electron chi connectivity index (χ4n) is 3.74. The molecule has 5 nitrogen and oxygen atoms in total. The minimum atomic E-state index is -0.455. The highest BCUT2D eigenvalue weighted by molar-refractivity contribution is 6.30. The summed E-state index contributed by atoms with van der Waals surface area (Å²) in [6, 6.07) is 17.8. The minimum Gasteiger partial charge on any atom is -0.497 e. The second-order valence-corrected chi connectivity index (χ2v) is 7.99. The Bertz CT molecular complexity index is 1330. The van der Waals surface area contributed by atoms with Crippen LogP contribution in [0.5, 0.6) is 5.75 Å². The zero-order valence-electron chi connectivity index (χ0n) is 18.1. The highest BCUT2D eigenvalue weighted by atomic mass is 35.5. The van der Waals surface area contributed by atoms with Gasteiger partial charge in [0.05, 0.1) is 19.0 Å². The molecule has 0 unspecified atom stereocenters. The van der Waals surface area contributed by atoms with E-state index in [2.05, 4.69) is 0 Å². The number of halogens is 2. The fraction of sp³-hybridized carbons (Fsp3) is 0.154.